The molecule has 1 aromatic carbocycles. The fourth-order valence-corrected chi connectivity index (χ4v) is 2.01. The quantitative estimate of drug-likeness (QED) is 0.798. The molecule has 3 nitrogen and oxygen atoms in total. The maximum absolute atomic E-state index is 11.6. The molecule has 1 rings (SSSR count). The molecule has 0 aromatic heterocycles. The van der Waals surface area contributed by atoms with Gasteiger partial charge in [0, 0.05) is 10.0 Å². The molecule has 0 aliphatic carbocycles. The van der Waals surface area contributed by atoms with E-state index < -0.39 is 0 Å². The zero-order valence-electron chi connectivity index (χ0n) is 9.62. The highest BCUT2D eigenvalue weighted by atomic mass is 79.9. The van der Waals surface area contributed by atoms with Crippen molar-refractivity contribution in [1.29, 1.82) is 0 Å². The van der Waals surface area contributed by atoms with Crippen LogP contribution in [0, 0.1) is 0 Å². The highest BCUT2D eigenvalue weighted by Gasteiger charge is 2.23. The molecule has 0 bridgehead atoms. The predicted octanol–water partition coefficient (Wildman–Crippen LogP) is 3.12. The molecule has 0 heterocycles. The standard InChI is InChI=1S/C12H15BrO3/c1-4-9(12(14)16-3)10-7-8(13)5-6-11(10)15-2/h5-7,9H,4H2,1-3H3. The molecule has 1 atom stereocenters. The summed E-state index contributed by atoms with van der Waals surface area (Å²) in [6.07, 6.45) is 0.680. The van der Waals surface area contributed by atoms with Gasteiger partial charge in [-0.3, -0.25) is 4.79 Å². The summed E-state index contributed by atoms with van der Waals surface area (Å²) in [6.45, 7) is 1.95. The number of benzene rings is 1. The lowest BCUT2D eigenvalue weighted by atomic mass is 9.96. The molecule has 0 aliphatic rings. The Morgan fingerprint density at radius 2 is 2.12 bits per heavy atom. The van der Waals surface area contributed by atoms with E-state index in [4.69, 9.17) is 9.47 Å². The predicted molar refractivity (Wildman–Crippen MR) is 65.7 cm³/mol. The second kappa shape index (κ2) is 5.89. The van der Waals surface area contributed by atoms with Crippen LogP contribution in [0.2, 0.25) is 0 Å². The van der Waals surface area contributed by atoms with Crippen LogP contribution in [0.1, 0.15) is 24.8 Å². The number of hydrogen-bond donors (Lipinski definition) is 0. The number of carbonyl (C=O) groups is 1. The summed E-state index contributed by atoms with van der Waals surface area (Å²) >= 11 is 3.39. The number of methoxy groups -OCH3 is 2. The molecule has 1 aromatic rings. The van der Waals surface area contributed by atoms with E-state index >= 15 is 0 Å². The normalized spacial score (nSPS) is 12.0. The van der Waals surface area contributed by atoms with Crippen molar-refractivity contribution in [1.82, 2.24) is 0 Å². The van der Waals surface area contributed by atoms with Crippen molar-refractivity contribution in [2.24, 2.45) is 0 Å². The van der Waals surface area contributed by atoms with Crippen molar-refractivity contribution >= 4 is 21.9 Å². The molecule has 0 fully saturated rings. The van der Waals surface area contributed by atoms with Gasteiger partial charge in [-0.05, 0) is 24.6 Å². The van der Waals surface area contributed by atoms with Crippen LogP contribution in [0.5, 0.6) is 5.75 Å². The summed E-state index contributed by atoms with van der Waals surface area (Å²) < 4.78 is 11.0. The van der Waals surface area contributed by atoms with Gasteiger partial charge in [0.2, 0.25) is 0 Å². The Kier molecular flexibility index (Phi) is 4.80. The third kappa shape index (κ3) is 2.76. The Hall–Kier alpha value is -1.03. The highest BCUT2D eigenvalue weighted by Crippen LogP contribution is 2.32. The van der Waals surface area contributed by atoms with E-state index in [0.717, 1.165) is 10.0 Å². The lowest BCUT2D eigenvalue weighted by Gasteiger charge is -2.16. The summed E-state index contributed by atoms with van der Waals surface area (Å²) in [5.74, 6) is 0.191. The molecule has 1 unspecified atom stereocenters. The summed E-state index contributed by atoms with van der Waals surface area (Å²) in [4.78, 5) is 11.6. The fraction of sp³-hybridized carbons (Fsp3) is 0.417. The first-order valence-electron chi connectivity index (χ1n) is 5.05. The Balaban J connectivity index is 3.17. The molecule has 88 valence electrons. The Bertz CT molecular complexity index is 377. The lowest BCUT2D eigenvalue weighted by Crippen LogP contribution is -2.14. The van der Waals surface area contributed by atoms with Crippen LogP contribution in [0.25, 0.3) is 0 Å². The monoisotopic (exact) mass is 286 g/mol. The SMILES string of the molecule is CCC(C(=O)OC)c1cc(Br)ccc1OC. The second-order valence-electron chi connectivity index (χ2n) is 3.37. The third-order valence-corrected chi connectivity index (χ3v) is 2.95. The number of esters is 1. The third-order valence-electron chi connectivity index (χ3n) is 2.46. The van der Waals surface area contributed by atoms with Crippen molar-refractivity contribution in [3.8, 4) is 5.75 Å². The van der Waals surface area contributed by atoms with Crippen molar-refractivity contribution < 1.29 is 14.3 Å². The average molecular weight is 287 g/mol. The number of halogens is 1. The molecule has 0 N–H and O–H groups in total. The van der Waals surface area contributed by atoms with E-state index in [1.54, 1.807) is 7.11 Å². The topological polar surface area (TPSA) is 35.5 Å². The van der Waals surface area contributed by atoms with E-state index in [0.29, 0.717) is 12.2 Å². The first-order chi connectivity index (χ1) is 7.63. The van der Waals surface area contributed by atoms with Crippen molar-refractivity contribution in [2.75, 3.05) is 14.2 Å². The lowest BCUT2D eigenvalue weighted by molar-refractivity contribution is -0.142. The van der Waals surface area contributed by atoms with Gasteiger partial charge >= 0.3 is 5.97 Å². The van der Waals surface area contributed by atoms with E-state index in [2.05, 4.69) is 15.9 Å². The van der Waals surface area contributed by atoms with Gasteiger partial charge in [0.15, 0.2) is 0 Å². The van der Waals surface area contributed by atoms with Crippen molar-refractivity contribution in [3.05, 3.63) is 28.2 Å². The van der Waals surface area contributed by atoms with Gasteiger partial charge < -0.3 is 9.47 Å². The van der Waals surface area contributed by atoms with Crippen LogP contribution in [0.15, 0.2) is 22.7 Å². The van der Waals surface area contributed by atoms with Crippen LogP contribution in [0.3, 0.4) is 0 Å². The summed E-state index contributed by atoms with van der Waals surface area (Å²) in [5.41, 5.74) is 0.853. The second-order valence-corrected chi connectivity index (χ2v) is 4.29. The minimum Gasteiger partial charge on any atom is -0.496 e. The Morgan fingerprint density at radius 3 is 2.62 bits per heavy atom. The van der Waals surface area contributed by atoms with Gasteiger partial charge in [0.25, 0.3) is 0 Å². The van der Waals surface area contributed by atoms with E-state index in [1.165, 1.54) is 7.11 Å². The molecule has 0 saturated carbocycles. The summed E-state index contributed by atoms with van der Waals surface area (Å²) in [7, 11) is 2.99. The maximum Gasteiger partial charge on any atom is 0.313 e. The van der Waals surface area contributed by atoms with Gasteiger partial charge in [0.1, 0.15) is 5.75 Å². The number of hydrogen-bond acceptors (Lipinski definition) is 3. The van der Waals surface area contributed by atoms with Crippen LogP contribution < -0.4 is 4.74 Å². The summed E-state index contributed by atoms with van der Waals surface area (Å²) in [6, 6.07) is 5.61. The molecule has 0 radical (unpaired) electrons. The number of carbonyl (C=O) groups excluding carboxylic acids is 1. The van der Waals surface area contributed by atoms with Crippen molar-refractivity contribution in [3.63, 3.8) is 0 Å². The smallest absolute Gasteiger partial charge is 0.313 e. The molecule has 4 heteroatoms. The summed E-state index contributed by atoms with van der Waals surface area (Å²) in [5, 5.41) is 0. The molecule has 0 amide bonds. The van der Waals surface area contributed by atoms with Crippen LogP contribution >= 0.6 is 15.9 Å². The van der Waals surface area contributed by atoms with Crippen molar-refractivity contribution in [2.45, 2.75) is 19.3 Å². The highest BCUT2D eigenvalue weighted by molar-refractivity contribution is 9.10. The van der Waals surface area contributed by atoms with E-state index in [1.807, 2.05) is 25.1 Å². The van der Waals surface area contributed by atoms with Gasteiger partial charge in [-0.15, -0.1) is 0 Å². The van der Waals surface area contributed by atoms with Gasteiger partial charge in [0.05, 0.1) is 20.1 Å². The van der Waals surface area contributed by atoms with Crippen LogP contribution in [-0.2, 0) is 9.53 Å². The minimum absolute atomic E-state index is 0.237. The Labute approximate surface area is 104 Å². The molecular weight excluding hydrogens is 272 g/mol. The molecular formula is C12H15BrO3. The fourth-order valence-electron chi connectivity index (χ4n) is 1.63. The molecule has 0 spiro atoms. The number of rotatable bonds is 4. The maximum atomic E-state index is 11.6. The Morgan fingerprint density at radius 1 is 1.44 bits per heavy atom. The number of ether oxygens (including phenoxy) is 2. The van der Waals surface area contributed by atoms with Gasteiger partial charge in [-0.25, -0.2) is 0 Å². The average Bonchev–Trinajstić information content (AvgIpc) is 2.30. The van der Waals surface area contributed by atoms with Gasteiger partial charge in [-0.1, -0.05) is 22.9 Å². The van der Waals surface area contributed by atoms with E-state index in [9.17, 15) is 4.79 Å². The van der Waals surface area contributed by atoms with Crippen LogP contribution in [0.4, 0.5) is 0 Å². The first-order valence-corrected chi connectivity index (χ1v) is 5.84. The molecule has 0 saturated heterocycles. The zero-order chi connectivity index (χ0) is 12.1. The van der Waals surface area contributed by atoms with Crippen LogP contribution in [-0.4, -0.2) is 20.2 Å². The zero-order valence-corrected chi connectivity index (χ0v) is 11.2. The minimum atomic E-state index is -0.280. The van der Waals surface area contributed by atoms with Gasteiger partial charge in [-0.2, -0.15) is 0 Å². The molecule has 16 heavy (non-hydrogen) atoms. The largest absolute Gasteiger partial charge is 0.496 e. The first kappa shape index (κ1) is 13.0. The van der Waals surface area contributed by atoms with E-state index in [-0.39, 0.29) is 11.9 Å². The molecule has 0 aliphatic heterocycles.